The number of ether oxygens (including phenoxy) is 2. The van der Waals surface area contributed by atoms with Crippen LogP contribution in [0.15, 0.2) is 36.4 Å². The summed E-state index contributed by atoms with van der Waals surface area (Å²) in [7, 11) is 1.61. The lowest BCUT2D eigenvalue weighted by Gasteiger charge is -2.30. The summed E-state index contributed by atoms with van der Waals surface area (Å²) in [5, 5.41) is 11.0. The smallest absolute Gasteiger partial charge is 0.129 e. The lowest BCUT2D eigenvalue weighted by Crippen LogP contribution is -2.19. The van der Waals surface area contributed by atoms with Gasteiger partial charge in [0.25, 0.3) is 0 Å². The third kappa shape index (κ3) is 2.71. The van der Waals surface area contributed by atoms with Crippen molar-refractivity contribution >= 4 is 11.6 Å². The second-order valence-electron chi connectivity index (χ2n) is 5.27. The van der Waals surface area contributed by atoms with Gasteiger partial charge in [-0.1, -0.05) is 23.7 Å². The Morgan fingerprint density at radius 1 is 1.24 bits per heavy atom. The SMILES string of the molecule is COc1ccc2c(c1)OC(c1ccc(C)c(Cl)c1)CC2O. The van der Waals surface area contributed by atoms with E-state index in [4.69, 9.17) is 21.1 Å². The molecule has 1 heterocycles. The highest BCUT2D eigenvalue weighted by Crippen LogP contribution is 2.42. The molecule has 0 aliphatic carbocycles. The minimum Gasteiger partial charge on any atom is -0.497 e. The van der Waals surface area contributed by atoms with Gasteiger partial charge in [0.1, 0.15) is 17.6 Å². The molecule has 3 rings (SSSR count). The van der Waals surface area contributed by atoms with Gasteiger partial charge in [0.2, 0.25) is 0 Å². The van der Waals surface area contributed by atoms with Gasteiger partial charge in [0.15, 0.2) is 0 Å². The summed E-state index contributed by atoms with van der Waals surface area (Å²) in [6, 6.07) is 11.3. The molecule has 2 aromatic carbocycles. The first-order valence-electron chi connectivity index (χ1n) is 6.87. The average Bonchev–Trinajstić information content (AvgIpc) is 2.49. The van der Waals surface area contributed by atoms with Crippen LogP contribution in [0.5, 0.6) is 11.5 Å². The van der Waals surface area contributed by atoms with Crippen molar-refractivity contribution in [3.05, 3.63) is 58.1 Å². The Kier molecular flexibility index (Phi) is 3.79. The Morgan fingerprint density at radius 3 is 2.76 bits per heavy atom. The Morgan fingerprint density at radius 2 is 2.05 bits per heavy atom. The molecule has 3 nitrogen and oxygen atoms in total. The number of methoxy groups -OCH3 is 1. The molecule has 0 saturated carbocycles. The van der Waals surface area contributed by atoms with Gasteiger partial charge >= 0.3 is 0 Å². The highest BCUT2D eigenvalue weighted by atomic mass is 35.5. The van der Waals surface area contributed by atoms with E-state index in [2.05, 4.69) is 0 Å². The summed E-state index contributed by atoms with van der Waals surface area (Å²) in [5.74, 6) is 1.37. The predicted molar refractivity (Wildman–Crippen MR) is 82.1 cm³/mol. The van der Waals surface area contributed by atoms with Crippen molar-refractivity contribution in [2.24, 2.45) is 0 Å². The van der Waals surface area contributed by atoms with E-state index in [1.807, 2.05) is 37.3 Å². The van der Waals surface area contributed by atoms with Crippen molar-refractivity contribution in [3.63, 3.8) is 0 Å². The lowest BCUT2D eigenvalue weighted by atomic mass is 9.94. The van der Waals surface area contributed by atoms with Crippen LogP contribution in [0.2, 0.25) is 5.02 Å². The number of benzene rings is 2. The average molecular weight is 305 g/mol. The standard InChI is InChI=1S/C17H17ClO3/c1-10-3-4-11(7-14(10)18)16-9-15(19)13-6-5-12(20-2)8-17(13)21-16/h3-8,15-16,19H,9H2,1-2H3. The van der Waals surface area contributed by atoms with Crippen molar-refractivity contribution in [3.8, 4) is 11.5 Å². The minimum atomic E-state index is -0.551. The van der Waals surface area contributed by atoms with Gasteiger partial charge < -0.3 is 14.6 Å². The van der Waals surface area contributed by atoms with Crippen LogP contribution >= 0.6 is 11.6 Å². The van der Waals surface area contributed by atoms with Gasteiger partial charge in [0.05, 0.1) is 13.2 Å². The molecule has 2 atom stereocenters. The molecular weight excluding hydrogens is 288 g/mol. The van der Waals surface area contributed by atoms with Gasteiger partial charge in [-0.3, -0.25) is 0 Å². The summed E-state index contributed by atoms with van der Waals surface area (Å²) in [4.78, 5) is 0. The summed E-state index contributed by atoms with van der Waals surface area (Å²) in [5.41, 5.74) is 2.79. The molecule has 0 aromatic heterocycles. The number of hydrogen-bond acceptors (Lipinski definition) is 3. The van der Waals surface area contributed by atoms with E-state index in [0.29, 0.717) is 22.9 Å². The summed E-state index contributed by atoms with van der Waals surface area (Å²) < 4.78 is 11.2. The fraction of sp³-hybridized carbons (Fsp3) is 0.294. The Labute approximate surface area is 129 Å². The maximum atomic E-state index is 10.3. The lowest BCUT2D eigenvalue weighted by molar-refractivity contribution is 0.0655. The fourth-order valence-corrected chi connectivity index (χ4v) is 2.75. The first-order chi connectivity index (χ1) is 10.1. The topological polar surface area (TPSA) is 38.7 Å². The van der Waals surface area contributed by atoms with Crippen LogP contribution < -0.4 is 9.47 Å². The largest absolute Gasteiger partial charge is 0.497 e. The number of halogens is 1. The van der Waals surface area contributed by atoms with Gasteiger partial charge in [-0.05, 0) is 36.2 Å². The highest BCUT2D eigenvalue weighted by molar-refractivity contribution is 6.31. The molecule has 0 saturated heterocycles. The van der Waals surface area contributed by atoms with Gasteiger partial charge in [-0.25, -0.2) is 0 Å². The van der Waals surface area contributed by atoms with Crippen molar-refractivity contribution in [1.82, 2.24) is 0 Å². The first-order valence-corrected chi connectivity index (χ1v) is 7.25. The minimum absolute atomic E-state index is 0.210. The molecule has 1 N–H and O–H groups in total. The number of aryl methyl sites for hydroxylation is 1. The van der Waals surface area contributed by atoms with E-state index in [9.17, 15) is 5.11 Å². The van der Waals surface area contributed by atoms with Crippen LogP contribution in [-0.2, 0) is 0 Å². The molecule has 1 aliphatic rings. The third-order valence-corrected chi connectivity index (χ3v) is 4.26. The van der Waals surface area contributed by atoms with Gasteiger partial charge in [0, 0.05) is 23.1 Å². The molecule has 21 heavy (non-hydrogen) atoms. The number of fused-ring (bicyclic) bond motifs is 1. The van der Waals surface area contributed by atoms with Crippen LogP contribution in [-0.4, -0.2) is 12.2 Å². The van der Waals surface area contributed by atoms with E-state index in [1.54, 1.807) is 13.2 Å². The van der Waals surface area contributed by atoms with Crippen molar-refractivity contribution in [2.75, 3.05) is 7.11 Å². The van der Waals surface area contributed by atoms with Crippen LogP contribution in [0.25, 0.3) is 0 Å². The van der Waals surface area contributed by atoms with Crippen LogP contribution in [0.4, 0.5) is 0 Å². The zero-order valence-corrected chi connectivity index (χ0v) is 12.7. The second kappa shape index (κ2) is 5.58. The number of aliphatic hydroxyl groups is 1. The Balaban J connectivity index is 1.94. The van der Waals surface area contributed by atoms with Gasteiger partial charge in [-0.2, -0.15) is 0 Å². The maximum Gasteiger partial charge on any atom is 0.129 e. The van der Waals surface area contributed by atoms with E-state index < -0.39 is 6.10 Å². The quantitative estimate of drug-likeness (QED) is 0.903. The Bertz CT molecular complexity index is 669. The van der Waals surface area contributed by atoms with Crippen LogP contribution in [0, 0.1) is 6.92 Å². The van der Waals surface area contributed by atoms with E-state index in [0.717, 1.165) is 16.7 Å². The normalized spacial score (nSPS) is 20.6. The molecule has 1 aliphatic heterocycles. The molecule has 0 bridgehead atoms. The van der Waals surface area contributed by atoms with Crippen molar-refractivity contribution in [1.29, 1.82) is 0 Å². The molecule has 0 amide bonds. The molecule has 4 heteroatoms. The number of aliphatic hydroxyl groups excluding tert-OH is 1. The molecule has 0 spiro atoms. The van der Waals surface area contributed by atoms with Crippen LogP contribution in [0.1, 0.15) is 35.3 Å². The highest BCUT2D eigenvalue weighted by Gasteiger charge is 2.28. The molecular formula is C17H17ClO3. The monoisotopic (exact) mass is 304 g/mol. The first kappa shape index (κ1) is 14.2. The van der Waals surface area contributed by atoms with E-state index in [-0.39, 0.29) is 6.10 Å². The van der Waals surface area contributed by atoms with Crippen molar-refractivity contribution < 1.29 is 14.6 Å². The molecule has 2 unspecified atom stereocenters. The van der Waals surface area contributed by atoms with Crippen LogP contribution in [0.3, 0.4) is 0 Å². The van der Waals surface area contributed by atoms with Crippen molar-refractivity contribution in [2.45, 2.75) is 25.6 Å². The third-order valence-electron chi connectivity index (χ3n) is 3.85. The zero-order chi connectivity index (χ0) is 15.0. The summed E-state index contributed by atoms with van der Waals surface area (Å²) in [6.07, 6.45) is -0.249. The number of rotatable bonds is 2. The molecule has 2 aromatic rings. The fourth-order valence-electron chi connectivity index (χ4n) is 2.56. The van der Waals surface area contributed by atoms with E-state index >= 15 is 0 Å². The zero-order valence-electron chi connectivity index (χ0n) is 12.0. The summed E-state index contributed by atoms with van der Waals surface area (Å²) >= 11 is 6.18. The summed E-state index contributed by atoms with van der Waals surface area (Å²) in [6.45, 7) is 1.96. The van der Waals surface area contributed by atoms with Gasteiger partial charge in [-0.15, -0.1) is 0 Å². The molecule has 0 radical (unpaired) electrons. The molecule has 110 valence electrons. The Hall–Kier alpha value is -1.71. The van der Waals surface area contributed by atoms with E-state index in [1.165, 1.54) is 0 Å². The number of hydrogen-bond donors (Lipinski definition) is 1. The predicted octanol–water partition coefficient (Wildman–Crippen LogP) is 4.21. The molecule has 0 fully saturated rings. The second-order valence-corrected chi connectivity index (χ2v) is 5.68. The maximum absolute atomic E-state index is 10.3.